The molecule has 5 rings (SSSR count). The topological polar surface area (TPSA) is 80.5 Å². The van der Waals surface area contributed by atoms with Crippen molar-refractivity contribution in [3.05, 3.63) is 60.0 Å². The average molecular weight is 406 g/mol. The largest absolute Gasteiger partial charge is 0.396 e. The number of amides is 1. The van der Waals surface area contributed by atoms with Crippen molar-refractivity contribution in [3.63, 3.8) is 0 Å². The molecular weight excluding hydrogens is 380 g/mol. The number of fused-ring (bicyclic) bond motifs is 2. The summed E-state index contributed by atoms with van der Waals surface area (Å²) < 4.78 is 7.63. The Kier molecular flexibility index (Phi) is 5.00. The predicted octanol–water partition coefficient (Wildman–Crippen LogP) is 2.14. The highest BCUT2D eigenvalue weighted by atomic mass is 16.5. The summed E-state index contributed by atoms with van der Waals surface area (Å²) in [6, 6.07) is 12.1. The Labute approximate surface area is 175 Å². The summed E-state index contributed by atoms with van der Waals surface area (Å²) in [5.74, 6) is 0.236. The van der Waals surface area contributed by atoms with E-state index in [0.29, 0.717) is 31.9 Å². The van der Waals surface area contributed by atoms with Gasteiger partial charge in [-0.2, -0.15) is 0 Å². The lowest BCUT2D eigenvalue weighted by atomic mass is 9.76. The van der Waals surface area contributed by atoms with E-state index in [1.807, 2.05) is 33.7 Å². The quantitative estimate of drug-likeness (QED) is 0.702. The van der Waals surface area contributed by atoms with Crippen LogP contribution in [0.15, 0.2) is 48.9 Å². The van der Waals surface area contributed by atoms with Crippen molar-refractivity contribution in [3.8, 4) is 0 Å². The Morgan fingerprint density at radius 1 is 1.27 bits per heavy atom. The molecule has 156 valence electrons. The fourth-order valence-corrected chi connectivity index (χ4v) is 4.78. The van der Waals surface area contributed by atoms with Crippen LogP contribution in [0, 0.1) is 11.3 Å². The number of likely N-dealkylation sites (tertiary alicyclic amines) is 1. The maximum Gasteiger partial charge on any atom is 0.255 e. The molecule has 0 aliphatic carbocycles. The number of carbonyl (C=O) groups is 1. The number of aryl methyl sites for hydroxylation is 2. The second-order valence-corrected chi connectivity index (χ2v) is 8.48. The van der Waals surface area contributed by atoms with Gasteiger partial charge in [0.25, 0.3) is 5.91 Å². The number of ether oxygens (including phenoxy) is 1. The number of hydrogen-bond donors (Lipinski definition) is 1. The molecule has 2 aliphatic heterocycles. The van der Waals surface area contributed by atoms with Gasteiger partial charge in [-0.1, -0.05) is 30.3 Å². The van der Waals surface area contributed by atoms with Crippen LogP contribution in [0.1, 0.15) is 22.3 Å². The molecule has 0 spiro atoms. The standard InChI is InChI=1S/C23H26N4O3/c28-14-23-13-27(12-19(23)7-9-30-15-23)22(29)18-10-20-21(24-11-18)26(16-25-20)8-6-17-4-2-1-3-5-17/h1-5,10-11,16,19,28H,6-9,12-15H2/t19-,23+/m0/s1. The van der Waals surface area contributed by atoms with Crippen molar-refractivity contribution >= 4 is 17.1 Å². The van der Waals surface area contributed by atoms with Crippen molar-refractivity contribution in [2.24, 2.45) is 11.3 Å². The van der Waals surface area contributed by atoms with Crippen LogP contribution in [0.2, 0.25) is 0 Å². The number of carbonyl (C=O) groups excluding carboxylic acids is 1. The van der Waals surface area contributed by atoms with Crippen molar-refractivity contribution in [2.75, 3.05) is 32.9 Å². The third kappa shape index (κ3) is 3.38. The molecule has 0 unspecified atom stereocenters. The van der Waals surface area contributed by atoms with Crippen molar-refractivity contribution < 1.29 is 14.6 Å². The van der Waals surface area contributed by atoms with Gasteiger partial charge in [0.2, 0.25) is 0 Å². The Morgan fingerprint density at radius 2 is 2.13 bits per heavy atom. The van der Waals surface area contributed by atoms with Crippen molar-refractivity contribution in [1.82, 2.24) is 19.4 Å². The van der Waals surface area contributed by atoms with Crippen LogP contribution in [0.3, 0.4) is 0 Å². The molecular formula is C23H26N4O3. The van der Waals surface area contributed by atoms with E-state index in [2.05, 4.69) is 22.1 Å². The fraction of sp³-hybridized carbons (Fsp3) is 0.435. The highest BCUT2D eigenvalue weighted by Gasteiger charge is 2.49. The van der Waals surface area contributed by atoms with Gasteiger partial charge in [0.1, 0.15) is 5.52 Å². The lowest BCUT2D eigenvalue weighted by Crippen LogP contribution is -2.43. The maximum atomic E-state index is 13.1. The van der Waals surface area contributed by atoms with Crippen LogP contribution < -0.4 is 0 Å². The van der Waals surface area contributed by atoms with E-state index in [1.54, 1.807) is 12.5 Å². The van der Waals surface area contributed by atoms with Crippen molar-refractivity contribution in [1.29, 1.82) is 0 Å². The lowest BCUT2D eigenvalue weighted by Gasteiger charge is -2.36. The summed E-state index contributed by atoms with van der Waals surface area (Å²) in [6.45, 7) is 3.23. The molecule has 2 aliphatic rings. The van der Waals surface area contributed by atoms with Gasteiger partial charge in [-0.15, -0.1) is 0 Å². The number of pyridine rings is 1. The van der Waals surface area contributed by atoms with E-state index in [4.69, 9.17) is 4.74 Å². The van der Waals surface area contributed by atoms with Gasteiger partial charge < -0.3 is 19.3 Å². The van der Waals surface area contributed by atoms with Crippen molar-refractivity contribution in [2.45, 2.75) is 19.4 Å². The van der Waals surface area contributed by atoms with E-state index >= 15 is 0 Å². The third-order valence-corrected chi connectivity index (χ3v) is 6.60. The third-order valence-electron chi connectivity index (χ3n) is 6.60. The molecule has 4 heterocycles. The number of aliphatic hydroxyl groups excluding tert-OH is 1. The molecule has 1 aromatic carbocycles. The van der Waals surface area contributed by atoms with E-state index in [-0.39, 0.29) is 23.8 Å². The molecule has 7 nitrogen and oxygen atoms in total. The minimum Gasteiger partial charge on any atom is -0.396 e. The predicted molar refractivity (Wildman–Crippen MR) is 112 cm³/mol. The van der Waals surface area contributed by atoms with Crippen LogP contribution in [-0.4, -0.2) is 63.4 Å². The normalized spacial score (nSPS) is 23.6. The molecule has 30 heavy (non-hydrogen) atoms. The first-order valence-corrected chi connectivity index (χ1v) is 10.5. The zero-order chi connectivity index (χ0) is 20.6. The number of hydrogen-bond acceptors (Lipinski definition) is 5. The summed E-state index contributed by atoms with van der Waals surface area (Å²) in [7, 11) is 0. The first-order chi connectivity index (χ1) is 14.7. The molecule has 1 amide bonds. The highest BCUT2D eigenvalue weighted by Crippen LogP contribution is 2.41. The lowest BCUT2D eigenvalue weighted by molar-refractivity contribution is -0.0556. The minimum absolute atomic E-state index is 0.0462. The van der Waals surface area contributed by atoms with E-state index in [9.17, 15) is 9.90 Å². The summed E-state index contributed by atoms with van der Waals surface area (Å²) in [5.41, 5.74) is 3.00. The second-order valence-electron chi connectivity index (χ2n) is 8.48. The zero-order valence-corrected chi connectivity index (χ0v) is 16.9. The molecule has 2 fully saturated rings. The van der Waals surface area contributed by atoms with E-state index in [0.717, 1.165) is 30.6 Å². The van der Waals surface area contributed by atoms with Gasteiger partial charge in [0.15, 0.2) is 5.65 Å². The monoisotopic (exact) mass is 406 g/mol. The zero-order valence-electron chi connectivity index (χ0n) is 16.9. The van der Waals surface area contributed by atoms with Gasteiger partial charge >= 0.3 is 0 Å². The number of benzene rings is 1. The van der Waals surface area contributed by atoms with Crippen LogP contribution in [0.5, 0.6) is 0 Å². The Hall–Kier alpha value is -2.77. The minimum atomic E-state index is -0.329. The van der Waals surface area contributed by atoms with Gasteiger partial charge in [-0.25, -0.2) is 9.97 Å². The Morgan fingerprint density at radius 3 is 2.93 bits per heavy atom. The smallest absolute Gasteiger partial charge is 0.255 e. The van der Waals surface area contributed by atoms with Crippen LogP contribution in [-0.2, 0) is 17.7 Å². The molecule has 2 aromatic heterocycles. The summed E-state index contributed by atoms with van der Waals surface area (Å²) >= 11 is 0. The fourth-order valence-electron chi connectivity index (χ4n) is 4.78. The highest BCUT2D eigenvalue weighted by molar-refractivity contribution is 5.96. The molecule has 3 aromatic rings. The first-order valence-electron chi connectivity index (χ1n) is 10.5. The first kappa shape index (κ1) is 19.2. The number of aliphatic hydroxyl groups is 1. The molecule has 1 N–H and O–H groups in total. The summed E-state index contributed by atoms with van der Waals surface area (Å²) in [6.07, 6.45) is 5.22. The molecule has 2 atom stereocenters. The van der Waals surface area contributed by atoms with E-state index < -0.39 is 0 Å². The van der Waals surface area contributed by atoms with Gasteiger partial charge in [-0.3, -0.25) is 4.79 Å². The molecule has 0 bridgehead atoms. The second kappa shape index (κ2) is 7.81. The number of nitrogens with zero attached hydrogens (tertiary/aromatic N) is 4. The van der Waals surface area contributed by atoms with Gasteiger partial charge in [0.05, 0.1) is 25.1 Å². The molecule has 0 saturated carbocycles. The SMILES string of the molecule is O=C(c1cnc2c(c1)ncn2CCc1ccccc1)N1C[C@@H]2CCOC[C@]2(CO)C1. The van der Waals surface area contributed by atoms with Gasteiger partial charge in [0, 0.05) is 37.9 Å². The Balaban J connectivity index is 1.32. The van der Waals surface area contributed by atoms with Crippen LogP contribution in [0.25, 0.3) is 11.2 Å². The van der Waals surface area contributed by atoms with Crippen LogP contribution in [0.4, 0.5) is 0 Å². The number of rotatable bonds is 5. The van der Waals surface area contributed by atoms with Crippen LogP contribution >= 0.6 is 0 Å². The van der Waals surface area contributed by atoms with E-state index in [1.165, 1.54) is 5.56 Å². The summed E-state index contributed by atoms with van der Waals surface area (Å²) in [4.78, 5) is 24.0. The maximum absolute atomic E-state index is 13.1. The average Bonchev–Trinajstić information content (AvgIpc) is 3.39. The summed E-state index contributed by atoms with van der Waals surface area (Å²) in [5, 5.41) is 9.96. The molecule has 2 saturated heterocycles. The van der Waals surface area contributed by atoms with Gasteiger partial charge in [-0.05, 0) is 30.4 Å². The molecule has 7 heteroatoms. The number of imidazole rings is 1. The Bertz CT molecular complexity index is 1050. The number of aromatic nitrogens is 3. The molecule has 0 radical (unpaired) electrons.